The first kappa shape index (κ1) is 14.9. The number of amides is 1. The Labute approximate surface area is 119 Å². The molecule has 0 atom stereocenters. The summed E-state index contributed by atoms with van der Waals surface area (Å²) in [5.41, 5.74) is -1.61. The van der Waals surface area contributed by atoms with E-state index < -0.39 is 23.2 Å². The molecule has 112 valence electrons. The van der Waals surface area contributed by atoms with Crippen LogP contribution in [0.3, 0.4) is 0 Å². The molecule has 0 aromatic heterocycles. The van der Waals surface area contributed by atoms with E-state index in [0.29, 0.717) is 6.42 Å². The van der Waals surface area contributed by atoms with E-state index in [2.05, 4.69) is 10.6 Å². The number of nitroso groups, excluding NO2 is 1. The van der Waals surface area contributed by atoms with Crippen LogP contribution >= 0.6 is 0 Å². The number of hydrogen-bond donors (Lipinski definition) is 2. The van der Waals surface area contributed by atoms with E-state index in [0.717, 1.165) is 11.1 Å². The quantitative estimate of drug-likeness (QED) is 0.636. The van der Waals surface area contributed by atoms with Crippen molar-refractivity contribution in [2.24, 2.45) is 5.29 Å². The maximum atomic E-state index is 13.9. The number of carbonyl (C=O) groups is 2. The fourth-order valence-electron chi connectivity index (χ4n) is 2.35. The van der Waals surface area contributed by atoms with Gasteiger partial charge in [0.2, 0.25) is 0 Å². The molecule has 1 saturated carbocycles. The lowest BCUT2D eigenvalue weighted by Crippen LogP contribution is -2.57. The van der Waals surface area contributed by atoms with Gasteiger partial charge in [-0.25, -0.2) is 14.2 Å². The van der Waals surface area contributed by atoms with Gasteiger partial charge in [-0.1, -0.05) is 0 Å². The number of aliphatic carboxylic acids is 1. The summed E-state index contributed by atoms with van der Waals surface area (Å²) in [5, 5.41) is 15.1. The normalized spacial score (nSPS) is 15.7. The average Bonchev–Trinajstić information content (AvgIpc) is 2.41. The summed E-state index contributed by atoms with van der Waals surface area (Å²) in [6.07, 6.45) is 1.16. The van der Waals surface area contributed by atoms with E-state index in [-0.39, 0.29) is 24.1 Å². The number of hydrogen-bond acceptors (Lipinski definition) is 4. The molecule has 1 amide bonds. The van der Waals surface area contributed by atoms with Gasteiger partial charge in [0.1, 0.15) is 5.82 Å². The highest BCUT2D eigenvalue weighted by Gasteiger charge is 2.51. The third-order valence-electron chi connectivity index (χ3n) is 3.73. The van der Waals surface area contributed by atoms with Gasteiger partial charge in [0, 0.05) is 13.1 Å². The molecule has 0 saturated heterocycles. The lowest BCUT2D eigenvalue weighted by atomic mass is 9.76. The lowest BCUT2D eigenvalue weighted by Gasteiger charge is -2.42. The Balaban J connectivity index is 2.40. The molecule has 1 fully saturated rings. The van der Waals surface area contributed by atoms with Gasteiger partial charge in [-0.05, 0) is 31.4 Å². The number of carbonyl (C=O) groups excluding carboxylic acids is 1. The van der Waals surface area contributed by atoms with Crippen LogP contribution in [0.4, 0.5) is 10.1 Å². The summed E-state index contributed by atoms with van der Waals surface area (Å²) in [4.78, 5) is 33.8. The monoisotopic (exact) mass is 295 g/mol. The van der Waals surface area contributed by atoms with Crippen LogP contribution in [0.1, 0.15) is 29.6 Å². The summed E-state index contributed by atoms with van der Waals surface area (Å²) in [5.74, 6) is -2.63. The molecule has 1 aromatic rings. The number of carboxylic acids is 1. The molecule has 21 heavy (non-hydrogen) atoms. The van der Waals surface area contributed by atoms with Gasteiger partial charge in [0.05, 0.1) is 16.5 Å². The number of halogens is 1. The van der Waals surface area contributed by atoms with Gasteiger partial charge >= 0.3 is 5.97 Å². The highest BCUT2D eigenvalue weighted by Crippen LogP contribution is 2.41. The molecule has 1 aromatic carbocycles. The zero-order chi connectivity index (χ0) is 15.6. The van der Waals surface area contributed by atoms with Gasteiger partial charge in [-0.3, -0.25) is 4.79 Å². The van der Waals surface area contributed by atoms with E-state index in [1.54, 1.807) is 0 Å². The van der Waals surface area contributed by atoms with Crippen molar-refractivity contribution in [2.75, 3.05) is 12.1 Å². The van der Waals surface area contributed by atoms with Crippen molar-refractivity contribution in [3.63, 3.8) is 0 Å². The first-order valence-corrected chi connectivity index (χ1v) is 6.35. The molecule has 0 bridgehead atoms. The second-order valence-corrected chi connectivity index (χ2v) is 4.83. The molecule has 0 aliphatic heterocycles. The first-order valence-electron chi connectivity index (χ1n) is 6.35. The van der Waals surface area contributed by atoms with Gasteiger partial charge in [0.15, 0.2) is 5.54 Å². The van der Waals surface area contributed by atoms with E-state index >= 15 is 0 Å². The van der Waals surface area contributed by atoms with Crippen LogP contribution in [0, 0.1) is 10.7 Å². The molecule has 0 radical (unpaired) electrons. The minimum Gasteiger partial charge on any atom is -0.479 e. The van der Waals surface area contributed by atoms with E-state index in [1.165, 1.54) is 19.2 Å². The van der Waals surface area contributed by atoms with Crippen molar-refractivity contribution in [3.8, 4) is 0 Å². The van der Waals surface area contributed by atoms with Crippen LogP contribution < -0.4 is 10.3 Å². The number of nitrogens with one attached hydrogen (secondary N) is 1. The summed E-state index contributed by atoms with van der Waals surface area (Å²) in [6, 6.07) is 3.43. The fraction of sp³-hybridized carbons (Fsp3) is 0.385. The minimum atomic E-state index is -1.43. The van der Waals surface area contributed by atoms with Crippen LogP contribution in [0.25, 0.3) is 0 Å². The molecule has 1 aliphatic carbocycles. The molecule has 1 aliphatic rings. The topological polar surface area (TPSA) is 99.1 Å². The molecule has 0 unspecified atom stereocenters. The maximum absolute atomic E-state index is 13.9. The van der Waals surface area contributed by atoms with Gasteiger partial charge in [0.25, 0.3) is 5.91 Å². The minimum absolute atomic E-state index is 0.0113. The maximum Gasteiger partial charge on any atom is 0.331 e. The van der Waals surface area contributed by atoms with Gasteiger partial charge in [-0.2, -0.15) is 0 Å². The number of nitrogens with zero attached hydrogens (tertiary/aromatic N) is 2. The summed E-state index contributed by atoms with van der Waals surface area (Å²) >= 11 is 0. The molecule has 2 rings (SSSR count). The summed E-state index contributed by atoms with van der Waals surface area (Å²) in [6.45, 7) is 0. The van der Waals surface area contributed by atoms with Crippen LogP contribution in [0.15, 0.2) is 23.5 Å². The Morgan fingerprint density at radius 2 is 2.10 bits per heavy atom. The number of anilines is 1. The van der Waals surface area contributed by atoms with Crippen molar-refractivity contribution in [1.82, 2.24) is 5.32 Å². The Hall–Kier alpha value is -2.51. The van der Waals surface area contributed by atoms with Crippen LogP contribution in [0.2, 0.25) is 0 Å². The molecule has 8 heteroatoms. The molecular weight excluding hydrogens is 281 g/mol. The highest BCUT2D eigenvalue weighted by molar-refractivity contribution is 5.94. The van der Waals surface area contributed by atoms with E-state index in [4.69, 9.17) is 0 Å². The van der Waals surface area contributed by atoms with Crippen LogP contribution in [0.5, 0.6) is 0 Å². The molecule has 0 spiro atoms. The second-order valence-electron chi connectivity index (χ2n) is 4.83. The zero-order valence-electron chi connectivity index (χ0n) is 11.3. The number of benzene rings is 1. The highest BCUT2D eigenvalue weighted by atomic mass is 19.1. The largest absolute Gasteiger partial charge is 0.479 e. The summed E-state index contributed by atoms with van der Waals surface area (Å²) in [7, 11) is 1.36. The van der Waals surface area contributed by atoms with Gasteiger partial charge < -0.3 is 10.4 Å². The number of carboxylic acid groups (broad SMARTS) is 1. The average molecular weight is 295 g/mol. The Bertz CT molecular complexity index is 601. The Morgan fingerprint density at radius 1 is 1.43 bits per heavy atom. The van der Waals surface area contributed by atoms with E-state index in [1.807, 2.05) is 0 Å². The van der Waals surface area contributed by atoms with Gasteiger partial charge in [-0.15, -0.1) is 4.91 Å². The van der Waals surface area contributed by atoms with Crippen molar-refractivity contribution < 1.29 is 19.1 Å². The van der Waals surface area contributed by atoms with Crippen LogP contribution in [-0.2, 0) is 4.79 Å². The second kappa shape index (κ2) is 5.47. The molecule has 2 N–H and O–H groups in total. The number of rotatable bonds is 5. The lowest BCUT2D eigenvalue weighted by molar-refractivity contribution is -0.146. The third-order valence-corrected chi connectivity index (χ3v) is 3.73. The Morgan fingerprint density at radius 3 is 2.48 bits per heavy atom. The predicted molar refractivity (Wildman–Crippen MR) is 72.3 cm³/mol. The standard InChI is InChI=1S/C13H14FN3O4/c1-15-11(18)9-4-3-8(7-10(9)14)17(16-21)13(12(19)20)5-2-6-13/h3-4,7H,2,5-6H2,1H3,(H,15,18)(H,19,20). The zero-order valence-corrected chi connectivity index (χ0v) is 11.3. The van der Waals surface area contributed by atoms with E-state index in [9.17, 15) is 24.0 Å². The summed E-state index contributed by atoms with van der Waals surface area (Å²) < 4.78 is 13.9. The molecule has 0 heterocycles. The molecule has 7 nitrogen and oxygen atoms in total. The van der Waals surface area contributed by atoms with Crippen molar-refractivity contribution in [3.05, 3.63) is 34.5 Å². The van der Waals surface area contributed by atoms with Crippen molar-refractivity contribution in [2.45, 2.75) is 24.8 Å². The Kier molecular flexibility index (Phi) is 3.88. The predicted octanol–water partition coefficient (Wildman–Crippen LogP) is 1.68. The fourth-order valence-corrected chi connectivity index (χ4v) is 2.35. The molecular formula is C13H14FN3O4. The SMILES string of the molecule is CNC(=O)c1ccc(N(N=O)C2(C(=O)O)CCC2)cc1F. The van der Waals surface area contributed by atoms with Crippen molar-refractivity contribution >= 4 is 17.6 Å². The van der Waals surface area contributed by atoms with Crippen LogP contribution in [-0.4, -0.2) is 29.6 Å². The smallest absolute Gasteiger partial charge is 0.331 e. The third kappa shape index (κ3) is 2.32. The first-order chi connectivity index (χ1) is 9.96. The van der Waals surface area contributed by atoms with Crippen molar-refractivity contribution in [1.29, 1.82) is 0 Å².